The third-order valence-electron chi connectivity index (χ3n) is 3.28. The zero-order valence-electron chi connectivity index (χ0n) is 12.7. The maximum absolute atomic E-state index is 12.1. The summed E-state index contributed by atoms with van der Waals surface area (Å²) in [7, 11) is 0. The van der Waals surface area contributed by atoms with E-state index in [1.54, 1.807) is 0 Å². The third kappa shape index (κ3) is 5.12. The number of nitrogens with one attached hydrogen (secondary N) is 1. The molecule has 124 valence electrons. The molecule has 7 heteroatoms. The van der Waals surface area contributed by atoms with E-state index in [0.29, 0.717) is 18.5 Å². The predicted molar refractivity (Wildman–Crippen MR) is 76.7 cm³/mol. The molecule has 0 aromatic heterocycles. The average molecular weight is 327 g/mol. The molecule has 0 atom stereocenters. The molecule has 23 heavy (non-hydrogen) atoms. The summed E-state index contributed by atoms with van der Waals surface area (Å²) in [6, 6.07) is 4.58. The molecule has 0 spiro atoms. The van der Waals surface area contributed by atoms with Crippen molar-refractivity contribution in [3.05, 3.63) is 41.6 Å². The lowest BCUT2D eigenvalue weighted by atomic mass is 9.79. The first-order chi connectivity index (χ1) is 10.5. The molecule has 0 bridgehead atoms. The molecule has 0 aliphatic heterocycles. The Balaban J connectivity index is 2.05. The number of carbonyl (C=O) groups is 2. The van der Waals surface area contributed by atoms with Crippen LogP contribution in [0.15, 0.2) is 36.0 Å². The molecule has 0 saturated heterocycles. The van der Waals surface area contributed by atoms with Crippen molar-refractivity contribution in [3.8, 4) is 5.75 Å². The fourth-order valence-corrected chi connectivity index (χ4v) is 2.45. The third-order valence-corrected chi connectivity index (χ3v) is 3.28. The van der Waals surface area contributed by atoms with Gasteiger partial charge in [-0.05, 0) is 36.1 Å². The number of alkyl halides is 3. The van der Waals surface area contributed by atoms with E-state index in [1.807, 2.05) is 13.8 Å². The first kappa shape index (κ1) is 17.1. The summed E-state index contributed by atoms with van der Waals surface area (Å²) in [6.07, 6.45) is -2.43. The van der Waals surface area contributed by atoms with Gasteiger partial charge in [-0.1, -0.05) is 13.8 Å². The summed E-state index contributed by atoms with van der Waals surface area (Å²) in [5, 5.41) is 2.63. The summed E-state index contributed by atoms with van der Waals surface area (Å²) in [5.41, 5.74) is 0.446. The molecule has 1 aliphatic rings. The second-order valence-electron chi connectivity index (χ2n) is 6.18. The van der Waals surface area contributed by atoms with E-state index in [1.165, 1.54) is 18.2 Å². The molecular weight excluding hydrogens is 311 g/mol. The van der Waals surface area contributed by atoms with Gasteiger partial charge in [-0.2, -0.15) is 0 Å². The fraction of sp³-hybridized carbons (Fsp3) is 0.375. The maximum Gasteiger partial charge on any atom is 0.573 e. The van der Waals surface area contributed by atoms with Crippen molar-refractivity contribution < 1.29 is 27.5 Å². The molecule has 1 N–H and O–H groups in total. The molecule has 1 aliphatic carbocycles. The lowest BCUT2D eigenvalue weighted by molar-refractivity contribution is -0.274. The van der Waals surface area contributed by atoms with Crippen molar-refractivity contribution in [2.45, 2.75) is 33.1 Å². The van der Waals surface area contributed by atoms with Crippen molar-refractivity contribution in [1.82, 2.24) is 5.32 Å². The van der Waals surface area contributed by atoms with Gasteiger partial charge in [0.2, 0.25) is 0 Å². The van der Waals surface area contributed by atoms with E-state index in [4.69, 9.17) is 0 Å². The minimum absolute atomic E-state index is 0.0644. The molecule has 0 heterocycles. The Morgan fingerprint density at radius 2 is 1.78 bits per heavy atom. The van der Waals surface area contributed by atoms with Crippen molar-refractivity contribution in [3.63, 3.8) is 0 Å². The minimum atomic E-state index is -4.78. The van der Waals surface area contributed by atoms with E-state index in [-0.39, 0.29) is 16.8 Å². The molecule has 1 amide bonds. The van der Waals surface area contributed by atoms with Crippen LogP contribution in [-0.2, 0) is 4.79 Å². The second kappa shape index (κ2) is 6.06. The lowest BCUT2D eigenvalue weighted by Crippen LogP contribution is -2.31. The lowest BCUT2D eigenvalue weighted by Gasteiger charge is -2.28. The number of ketones is 1. The number of rotatable bonds is 3. The smallest absolute Gasteiger partial charge is 0.406 e. The van der Waals surface area contributed by atoms with Crippen LogP contribution in [0, 0.1) is 5.41 Å². The van der Waals surface area contributed by atoms with Gasteiger partial charge < -0.3 is 10.1 Å². The fourth-order valence-electron chi connectivity index (χ4n) is 2.45. The average Bonchev–Trinajstić information content (AvgIpc) is 2.34. The number of amides is 1. The zero-order chi connectivity index (χ0) is 17.3. The van der Waals surface area contributed by atoms with Crippen LogP contribution >= 0.6 is 0 Å². The van der Waals surface area contributed by atoms with Gasteiger partial charge >= 0.3 is 6.36 Å². The standard InChI is InChI=1S/C16H16F3NO3/c1-15(2)8-11(7-12(21)9-15)20-14(22)10-3-5-13(6-4-10)23-16(17,18)19/h3-7H,8-9H2,1-2H3,(H,20,22). The molecule has 1 aromatic rings. The number of benzene rings is 1. The Hall–Kier alpha value is -2.31. The number of hydrogen-bond donors (Lipinski definition) is 1. The highest BCUT2D eigenvalue weighted by Crippen LogP contribution is 2.32. The van der Waals surface area contributed by atoms with Crippen LogP contribution in [0.2, 0.25) is 0 Å². The van der Waals surface area contributed by atoms with Gasteiger partial charge in [-0.3, -0.25) is 9.59 Å². The van der Waals surface area contributed by atoms with Gasteiger partial charge in [0.05, 0.1) is 0 Å². The van der Waals surface area contributed by atoms with Crippen LogP contribution in [0.3, 0.4) is 0 Å². The van der Waals surface area contributed by atoms with Gasteiger partial charge in [-0.25, -0.2) is 0 Å². The van der Waals surface area contributed by atoms with Gasteiger partial charge in [0, 0.05) is 23.8 Å². The molecular formula is C16H16F3NO3. The van der Waals surface area contributed by atoms with E-state index >= 15 is 0 Å². The molecule has 0 fully saturated rings. The maximum atomic E-state index is 12.1. The number of ether oxygens (including phenoxy) is 1. The number of halogens is 3. The van der Waals surface area contributed by atoms with Gasteiger partial charge in [0.25, 0.3) is 5.91 Å². The highest BCUT2D eigenvalue weighted by molar-refractivity contribution is 5.97. The predicted octanol–water partition coefficient (Wildman–Crippen LogP) is 3.59. The van der Waals surface area contributed by atoms with E-state index in [9.17, 15) is 22.8 Å². The monoisotopic (exact) mass is 327 g/mol. The van der Waals surface area contributed by atoms with Gasteiger partial charge in [0.15, 0.2) is 5.78 Å². The molecule has 0 saturated carbocycles. The second-order valence-corrected chi connectivity index (χ2v) is 6.18. The van der Waals surface area contributed by atoms with Crippen molar-refractivity contribution >= 4 is 11.7 Å². The van der Waals surface area contributed by atoms with E-state index in [0.717, 1.165) is 12.1 Å². The van der Waals surface area contributed by atoms with Crippen LogP contribution in [0.1, 0.15) is 37.0 Å². The summed E-state index contributed by atoms with van der Waals surface area (Å²) in [5.74, 6) is -0.951. The first-order valence-corrected chi connectivity index (χ1v) is 6.95. The molecule has 4 nitrogen and oxygen atoms in total. The van der Waals surface area contributed by atoms with Gasteiger partial charge in [0.1, 0.15) is 5.75 Å². The Bertz CT molecular complexity index is 646. The van der Waals surface area contributed by atoms with Crippen LogP contribution < -0.4 is 10.1 Å². The van der Waals surface area contributed by atoms with Crippen LogP contribution in [0.4, 0.5) is 13.2 Å². The summed E-state index contributed by atoms with van der Waals surface area (Å²) in [6.45, 7) is 3.85. The van der Waals surface area contributed by atoms with Crippen LogP contribution in [0.25, 0.3) is 0 Å². The minimum Gasteiger partial charge on any atom is -0.406 e. The van der Waals surface area contributed by atoms with Crippen molar-refractivity contribution in [2.75, 3.05) is 0 Å². The normalized spacial score (nSPS) is 17.4. The highest BCUT2D eigenvalue weighted by Gasteiger charge is 2.31. The van der Waals surface area contributed by atoms with Crippen molar-refractivity contribution in [1.29, 1.82) is 0 Å². The van der Waals surface area contributed by atoms with Crippen LogP contribution in [-0.4, -0.2) is 18.1 Å². The van der Waals surface area contributed by atoms with E-state index in [2.05, 4.69) is 10.1 Å². The zero-order valence-corrected chi connectivity index (χ0v) is 12.7. The number of carbonyl (C=O) groups excluding carboxylic acids is 2. The molecule has 0 radical (unpaired) electrons. The summed E-state index contributed by atoms with van der Waals surface area (Å²) < 4.78 is 40.0. The quantitative estimate of drug-likeness (QED) is 0.923. The van der Waals surface area contributed by atoms with E-state index < -0.39 is 18.0 Å². The topological polar surface area (TPSA) is 55.4 Å². The summed E-state index contributed by atoms with van der Waals surface area (Å²) >= 11 is 0. The Morgan fingerprint density at radius 3 is 2.30 bits per heavy atom. The Labute approximate surface area is 131 Å². The number of hydrogen-bond acceptors (Lipinski definition) is 3. The Kier molecular flexibility index (Phi) is 4.49. The van der Waals surface area contributed by atoms with Crippen molar-refractivity contribution in [2.24, 2.45) is 5.41 Å². The largest absolute Gasteiger partial charge is 0.573 e. The summed E-state index contributed by atoms with van der Waals surface area (Å²) in [4.78, 5) is 23.7. The molecule has 2 rings (SSSR count). The van der Waals surface area contributed by atoms with Crippen LogP contribution in [0.5, 0.6) is 5.75 Å². The van der Waals surface area contributed by atoms with Gasteiger partial charge in [-0.15, -0.1) is 13.2 Å². The molecule has 1 aromatic carbocycles. The Morgan fingerprint density at radius 1 is 1.17 bits per heavy atom. The first-order valence-electron chi connectivity index (χ1n) is 6.95. The molecule has 0 unspecified atom stereocenters. The SMILES string of the molecule is CC1(C)CC(=O)C=C(NC(=O)c2ccc(OC(F)(F)F)cc2)C1. The number of allylic oxidation sites excluding steroid dienone is 2. The highest BCUT2D eigenvalue weighted by atomic mass is 19.4.